The molecule has 0 saturated carbocycles. The zero-order chi connectivity index (χ0) is 13.9. The van der Waals surface area contributed by atoms with E-state index in [2.05, 4.69) is 20.2 Å². The van der Waals surface area contributed by atoms with Crippen molar-refractivity contribution >= 4 is 23.0 Å². The number of piperazine rings is 1. The van der Waals surface area contributed by atoms with Gasteiger partial charge in [-0.05, 0) is 25.1 Å². The molecule has 1 aliphatic rings. The molecule has 0 aliphatic carbocycles. The number of rotatable bonds is 3. The van der Waals surface area contributed by atoms with Crippen molar-refractivity contribution in [1.82, 2.24) is 15.3 Å². The summed E-state index contributed by atoms with van der Waals surface area (Å²) in [6.07, 6.45) is 0. The van der Waals surface area contributed by atoms with E-state index in [-0.39, 0.29) is 5.97 Å². The minimum absolute atomic E-state index is 0.298. The summed E-state index contributed by atoms with van der Waals surface area (Å²) in [5, 5.41) is 3.31. The first kappa shape index (κ1) is 12.9. The predicted octanol–water partition coefficient (Wildman–Crippen LogP) is 1.15. The summed E-state index contributed by atoms with van der Waals surface area (Å²) >= 11 is 0. The molecule has 20 heavy (non-hydrogen) atoms. The Kier molecular flexibility index (Phi) is 3.56. The molecule has 0 radical (unpaired) electrons. The first-order valence-corrected chi connectivity index (χ1v) is 6.90. The Morgan fingerprint density at radius 1 is 1.40 bits per heavy atom. The van der Waals surface area contributed by atoms with Crippen molar-refractivity contribution < 1.29 is 9.53 Å². The van der Waals surface area contributed by atoms with Crippen LogP contribution in [0, 0.1) is 0 Å². The highest BCUT2D eigenvalue weighted by molar-refractivity contribution is 5.94. The molecular weight excluding hydrogens is 256 g/mol. The van der Waals surface area contributed by atoms with Gasteiger partial charge in [0.05, 0.1) is 23.2 Å². The molecular formula is C14H18N4O2. The summed E-state index contributed by atoms with van der Waals surface area (Å²) in [6, 6.07) is 5.40. The number of aromatic amines is 1. The lowest BCUT2D eigenvalue weighted by Gasteiger charge is -2.26. The number of aromatic nitrogens is 2. The lowest BCUT2D eigenvalue weighted by Crippen LogP contribution is -2.44. The van der Waals surface area contributed by atoms with Gasteiger partial charge < -0.3 is 19.9 Å². The second kappa shape index (κ2) is 5.50. The molecule has 0 spiro atoms. The number of hydrogen-bond donors (Lipinski definition) is 2. The molecule has 106 valence electrons. The first-order valence-electron chi connectivity index (χ1n) is 6.90. The van der Waals surface area contributed by atoms with Crippen LogP contribution in [0.4, 0.5) is 5.95 Å². The van der Waals surface area contributed by atoms with Gasteiger partial charge in [-0.25, -0.2) is 9.78 Å². The molecule has 1 aromatic heterocycles. The minimum atomic E-state index is -0.298. The minimum Gasteiger partial charge on any atom is -0.462 e. The lowest BCUT2D eigenvalue weighted by molar-refractivity contribution is 0.0526. The molecule has 6 heteroatoms. The van der Waals surface area contributed by atoms with Crippen LogP contribution in [0.1, 0.15) is 17.3 Å². The smallest absolute Gasteiger partial charge is 0.338 e. The Labute approximate surface area is 117 Å². The Morgan fingerprint density at radius 3 is 2.95 bits per heavy atom. The van der Waals surface area contributed by atoms with Gasteiger partial charge in [0.2, 0.25) is 5.95 Å². The normalized spacial score (nSPS) is 15.6. The van der Waals surface area contributed by atoms with Gasteiger partial charge in [0.1, 0.15) is 0 Å². The molecule has 1 aliphatic heterocycles. The lowest BCUT2D eigenvalue weighted by atomic mass is 10.2. The van der Waals surface area contributed by atoms with Crippen molar-refractivity contribution in [3.8, 4) is 0 Å². The molecule has 3 rings (SSSR count). The number of fused-ring (bicyclic) bond motifs is 1. The molecule has 2 heterocycles. The summed E-state index contributed by atoms with van der Waals surface area (Å²) in [5.41, 5.74) is 2.28. The number of nitrogens with zero attached hydrogens (tertiary/aromatic N) is 2. The van der Waals surface area contributed by atoms with Gasteiger partial charge in [-0.1, -0.05) is 0 Å². The van der Waals surface area contributed by atoms with Gasteiger partial charge in [0.25, 0.3) is 0 Å². The summed E-state index contributed by atoms with van der Waals surface area (Å²) in [6.45, 7) is 5.98. The van der Waals surface area contributed by atoms with E-state index in [0.717, 1.165) is 43.2 Å². The molecule has 2 N–H and O–H groups in total. The van der Waals surface area contributed by atoms with Crippen LogP contribution in [0.2, 0.25) is 0 Å². The fourth-order valence-corrected chi connectivity index (χ4v) is 2.36. The summed E-state index contributed by atoms with van der Waals surface area (Å²) < 4.78 is 5.01. The number of esters is 1. The van der Waals surface area contributed by atoms with Gasteiger partial charge in [-0.3, -0.25) is 0 Å². The number of carbonyl (C=O) groups is 1. The van der Waals surface area contributed by atoms with Crippen LogP contribution in [0.3, 0.4) is 0 Å². The number of carbonyl (C=O) groups excluding carboxylic acids is 1. The molecule has 0 atom stereocenters. The van der Waals surface area contributed by atoms with E-state index >= 15 is 0 Å². The number of imidazole rings is 1. The van der Waals surface area contributed by atoms with Crippen LogP contribution in [0.5, 0.6) is 0 Å². The van der Waals surface area contributed by atoms with Crippen LogP contribution in [-0.4, -0.2) is 48.7 Å². The maximum absolute atomic E-state index is 11.7. The van der Waals surface area contributed by atoms with Crippen molar-refractivity contribution in [2.75, 3.05) is 37.7 Å². The molecule has 1 saturated heterocycles. The highest BCUT2D eigenvalue weighted by atomic mass is 16.5. The zero-order valence-corrected chi connectivity index (χ0v) is 11.5. The van der Waals surface area contributed by atoms with Crippen molar-refractivity contribution in [2.24, 2.45) is 0 Å². The van der Waals surface area contributed by atoms with Gasteiger partial charge in [0.15, 0.2) is 0 Å². The number of H-pyrrole nitrogens is 1. The largest absolute Gasteiger partial charge is 0.462 e. The SMILES string of the molecule is CCOC(=O)c1ccc2nc(N3CCNCC3)[nH]c2c1. The van der Waals surface area contributed by atoms with Crippen LogP contribution in [0.25, 0.3) is 11.0 Å². The van der Waals surface area contributed by atoms with E-state index in [1.54, 1.807) is 19.1 Å². The Hall–Kier alpha value is -2.08. The summed E-state index contributed by atoms with van der Waals surface area (Å²) in [5.74, 6) is 0.565. The van der Waals surface area contributed by atoms with E-state index in [1.807, 2.05) is 6.07 Å². The van der Waals surface area contributed by atoms with Gasteiger partial charge in [0, 0.05) is 26.2 Å². The molecule has 1 fully saturated rings. The maximum atomic E-state index is 11.7. The van der Waals surface area contributed by atoms with Crippen LogP contribution in [-0.2, 0) is 4.74 Å². The Balaban J connectivity index is 1.88. The van der Waals surface area contributed by atoms with E-state index in [1.165, 1.54) is 0 Å². The van der Waals surface area contributed by atoms with Crippen molar-refractivity contribution in [2.45, 2.75) is 6.92 Å². The third kappa shape index (κ3) is 2.46. The predicted molar refractivity (Wildman–Crippen MR) is 77.1 cm³/mol. The molecule has 1 aromatic carbocycles. The summed E-state index contributed by atoms with van der Waals surface area (Å²) in [7, 11) is 0. The van der Waals surface area contributed by atoms with Crippen molar-refractivity contribution in [3.05, 3.63) is 23.8 Å². The standard InChI is InChI=1S/C14H18N4O2/c1-2-20-13(19)10-3-4-11-12(9-10)17-14(16-11)18-7-5-15-6-8-18/h3-4,9,15H,2,5-8H2,1H3,(H,16,17). The van der Waals surface area contributed by atoms with E-state index in [4.69, 9.17) is 4.74 Å². The number of benzene rings is 1. The number of hydrogen-bond acceptors (Lipinski definition) is 5. The third-order valence-electron chi connectivity index (χ3n) is 3.40. The second-order valence-electron chi connectivity index (χ2n) is 4.75. The van der Waals surface area contributed by atoms with Crippen LogP contribution >= 0.6 is 0 Å². The maximum Gasteiger partial charge on any atom is 0.338 e. The van der Waals surface area contributed by atoms with Gasteiger partial charge in [-0.2, -0.15) is 0 Å². The van der Waals surface area contributed by atoms with E-state index in [0.29, 0.717) is 12.2 Å². The van der Waals surface area contributed by atoms with Crippen molar-refractivity contribution in [1.29, 1.82) is 0 Å². The molecule has 0 unspecified atom stereocenters. The summed E-state index contributed by atoms with van der Waals surface area (Å²) in [4.78, 5) is 21.8. The first-order chi connectivity index (χ1) is 9.78. The van der Waals surface area contributed by atoms with E-state index in [9.17, 15) is 4.79 Å². The molecule has 6 nitrogen and oxygen atoms in total. The highest BCUT2D eigenvalue weighted by Gasteiger charge is 2.15. The van der Waals surface area contributed by atoms with Crippen LogP contribution < -0.4 is 10.2 Å². The number of ether oxygens (including phenoxy) is 1. The van der Waals surface area contributed by atoms with Gasteiger partial charge in [-0.15, -0.1) is 0 Å². The zero-order valence-electron chi connectivity index (χ0n) is 11.5. The monoisotopic (exact) mass is 274 g/mol. The topological polar surface area (TPSA) is 70.2 Å². The number of anilines is 1. The Morgan fingerprint density at radius 2 is 2.20 bits per heavy atom. The van der Waals surface area contributed by atoms with Gasteiger partial charge >= 0.3 is 5.97 Å². The quantitative estimate of drug-likeness (QED) is 0.822. The fourth-order valence-electron chi connectivity index (χ4n) is 2.36. The third-order valence-corrected chi connectivity index (χ3v) is 3.40. The Bertz CT molecular complexity index is 617. The van der Waals surface area contributed by atoms with E-state index < -0.39 is 0 Å². The average Bonchev–Trinajstić information content (AvgIpc) is 2.91. The average molecular weight is 274 g/mol. The number of nitrogens with one attached hydrogen (secondary N) is 2. The van der Waals surface area contributed by atoms with Crippen LogP contribution in [0.15, 0.2) is 18.2 Å². The fraction of sp³-hybridized carbons (Fsp3) is 0.429. The van der Waals surface area contributed by atoms with Crippen molar-refractivity contribution in [3.63, 3.8) is 0 Å². The molecule has 0 bridgehead atoms. The molecule has 2 aromatic rings. The highest BCUT2D eigenvalue weighted by Crippen LogP contribution is 2.19. The molecule has 0 amide bonds. The second-order valence-corrected chi connectivity index (χ2v) is 4.75.